The van der Waals surface area contributed by atoms with Gasteiger partial charge in [0.1, 0.15) is 0 Å². The highest BCUT2D eigenvalue weighted by molar-refractivity contribution is 5.85. The van der Waals surface area contributed by atoms with Crippen molar-refractivity contribution >= 4 is 36.2 Å². The molecule has 1 aromatic rings. The molecule has 4 heteroatoms. The summed E-state index contributed by atoms with van der Waals surface area (Å²) in [6.45, 7) is 6.35. The van der Waals surface area contributed by atoms with Gasteiger partial charge in [-0.1, -0.05) is 6.07 Å². The summed E-state index contributed by atoms with van der Waals surface area (Å²) in [5.74, 6) is 0. The molecule has 0 saturated heterocycles. The third-order valence-corrected chi connectivity index (χ3v) is 2.00. The molecule has 2 N–H and O–H groups in total. The van der Waals surface area contributed by atoms with Crippen LogP contribution < -0.4 is 10.6 Å². The third kappa shape index (κ3) is 4.07. The molecule has 0 spiro atoms. The number of anilines is 2. The Morgan fingerprint density at radius 3 is 2.14 bits per heavy atom. The zero-order valence-corrected chi connectivity index (χ0v) is 10.2. The molecule has 0 aliphatic carbocycles. The summed E-state index contributed by atoms with van der Waals surface area (Å²) >= 11 is 0. The first kappa shape index (κ1) is 15.9. The summed E-state index contributed by atoms with van der Waals surface area (Å²) in [7, 11) is 0. The molecule has 14 heavy (non-hydrogen) atoms. The molecule has 1 aromatic carbocycles. The highest BCUT2D eigenvalue weighted by atomic mass is 35.5. The Kier molecular flexibility index (Phi) is 8.80. The maximum atomic E-state index is 5.68. The van der Waals surface area contributed by atoms with Crippen molar-refractivity contribution in [2.24, 2.45) is 0 Å². The van der Waals surface area contributed by atoms with Crippen molar-refractivity contribution in [1.82, 2.24) is 0 Å². The van der Waals surface area contributed by atoms with Crippen LogP contribution in [0.4, 0.5) is 11.4 Å². The Hall–Kier alpha value is -0.600. The molecular weight excluding hydrogens is 219 g/mol. The van der Waals surface area contributed by atoms with Gasteiger partial charge in [0.25, 0.3) is 0 Å². The fourth-order valence-electron chi connectivity index (χ4n) is 1.31. The average molecular weight is 237 g/mol. The number of halogens is 2. The summed E-state index contributed by atoms with van der Waals surface area (Å²) in [5.41, 5.74) is 7.72. The minimum Gasteiger partial charge on any atom is -0.399 e. The summed E-state index contributed by atoms with van der Waals surface area (Å²) in [6.07, 6.45) is 0. The summed E-state index contributed by atoms with van der Waals surface area (Å²) in [6, 6.07) is 7.99. The standard InChI is InChI=1S/C10H16N2.2ClH/c1-3-12(4-2)10-7-5-6-9(11)8-10;;/h5-8H,3-4,11H2,1-2H3;2*1H. The molecule has 0 bridgehead atoms. The fraction of sp³-hybridized carbons (Fsp3) is 0.400. The second-order valence-electron chi connectivity index (χ2n) is 2.77. The molecule has 0 aromatic heterocycles. The van der Waals surface area contributed by atoms with Gasteiger partial charge in [-0.05, 0) is 32.0 Å². The molecular formula is C10H18Cl2N2. The predicted octanol–water partition coefficient (Wildman–Crippen LogP) is 2.96. The Morgan fingerprint density at radius 2 is 1.71 bits per heavy atom. The van der Waals surface area contributed by atoms with Gasteiger partial charge in [0.05, 0.1) is 0 Å². The molecule has 0 fully saturated rings. The van der Waals surface area contributed by atoms with Crippen molar-refractivity contribution in [3.63, 3.8) is 0 Å². The van der Waals surface area contributed by atoms with Gasteiger partial charge in [0, 0.05) is 24.5 Å². The minimum absolute atomic E-state index is 0. The van der Waals surface area contributed by atoms with E-state index in [1.807, 2.05) is 18.2 Å². The van der Waals surface area contributed by atoms with Gasteiger partial charge in [-0.2, -0.15) is 0 Å². The lowest BCUT2D eigenvalue weighted by atomic mass is 10.2. The van der Waals surface area contributed by atoms with Gasteiger partial charge in [-0.25, -0.2) is 0 Å². The van der Waals surface area contributed by atoms with Crippen molar-refractivity contribution in [1.29, 1.82) is 0 Å². The quantitative estimate of drug-likeness (QED) is 0.819. The Balaban J connectivity index is 0. The van der Waals surface area contributed by atoms with E-state index in [1.165, 1.54) is 5.69 Å². The van der Waals surface area contributed by atoms with Gasteiger partial charge >= 0.3 is 0 Å². The second kappa shape index (κ2) is 7.77. The van der Waals surface area contributed by atoms with Crippen LogP contribution in [0.25, 0.3) is 0 Å². The van der Waals surface area contributed by atoms with Crippen LogP contribution in [0.1, 0.15) is 13.8 Å². The molecule has 0 radical (unpaired) electrons. The lowest BCUT2D eigenvalue weighted by Gasteiger charge is -2.20. The molecule has 1 rings (SSSR count). The Morgan fingerprint density at radius 1 is 1.14 bits per heavy atom. The second-order valence-corrected chi connectivity index (χ2v) is 2.77. The van der Waals surface area contributed by atoms with Crippen LogP contribution in [0.15, 0.2) is 24.3 Å². The van der Waals surface area contributed by atoms with E-state index in [4.69, 9.17) is 5.73 Å². The molecule has 0 amide bonds. The van der Waals surface area contributed by atoms with Crippen molar-refractivity contribution < 1.29 is 0 Å². The SMILES string of the molecule is CCN(CC)c1cccc(N)c1.Cl.Cl. The molecule has 0 saturated carbocycles. The van der Waals surface area contributed by atoms with E-state index >= 15 is 0 Å². The maximum Gasteiger partial charge on any atom is 0.0386 e. The lowest BCUT2D eigenvalue weighted by Crippen LogP contribution is -2.21. The number of rotatable bonds is 3. The molecule has 0 atom stereocenters. The van der Waals surface area contributed by atoms with E-state index < -0.39 is 0 Å². The maximum absolute atomic E-state index is 5.68. The monoisotopic (exact) mass is 236 g/mol. The lowest BCUT2D eigenvalue weighted by molar-refractivity contribution is 0.867. The smallest absolute Gasteiger partial charge is 0.0386 e. The predicted molar refractivity (Wildman–Crippen MR) is 68.9 cm³/mol. The molecule has 0 aliphatic heterocycles. The molecule has 0 aliphatic rings. The first-order valence-corrected chi connectivity index (χ1v) is 4.38. The molecule has 82 valence electrons. The highest BCUT2D eigenvalue weighted by Gasteiger charge is 1.99. The summed E-state index contributed by atoms with van der Waals surface area (Å²) < 4.78 is 0. The van der Waals surface area contributed by atoms with E-state index in [-0.39, 0.29) is 24.8 Å². The van der Waals surface area contributed by atoms with E-state index in [2.05, 4.69) is 24.8 Å². The van der Waals surface area contributed by atoms with Gasteiger partial charge in [-0.3, -0.25) is 0 Å². The Bertz CT molecular complexity index is 250. The summed E-state index contributed by atoms with van der Waals surface area (Å²) in [5, 5.41) is 0. The largest absolute Gasteiger partial charge is 0.399 e. The highest BCUT2D eigenvalue weighted by Crippen LogP contribution is 2.16. The van der Waals surface area contributed by atoms with E-state index in [0.29, 0.717) is 0 Å². The molecule has 0 unspecified atom stereocenters. The van der Waals surface area contributed by atoms with Gasteiger partial charge in [-0.15, -0.1) is 24.8 Å². The number of benzene rings is 1. The molecule has 2 nitrogen and oxygen atoms in total. The van der Waals surface area contributed by atoms with Gasteiger partial charge in [0.2, 0.25) is 0 Å². The first-order chi connectivity index (χ1) is 5.77. The average Bonchev–Trinajstić information content (AvgIpc) is 2.07. The third-order valence-electron chi connectivity index (χ3n) is 2.00. The minimum atomic E-state index is 0. The van der Waals surface area contributed by atoms with Crippen LogP contribution in [-0.2, 0) is 0 Å². The summed E-state index contributed by atoms with van der Waals surface area (Å²) in [4.78, 5) is 2.27. The zero-order valence-electron chi connectivity index (χ0n) is 8.56. The van der Waals surface area contributed by atoms with Crippen molar-refractivity contribution in [3.05, 3.63) is 24.3 Å². The van der Waals surface area contributed by atoms with E-state index in [9.17, 15) is 0 Å². The number of nitrogens with zero attached hydrogens (tertiary/aromatic N) is 1. The van der Waals surface area contributed by atoms with Crippen LogP contribution in [0.2, 0.25) is 0 Å². The van der Waals surface area contributed by atoms with E-state index in [0.717, 1.165) is 18.8 Å². The van der Waals surface area contributed by atoms with Crippen LogP contribution in [0, 0.1) is 0 Å². The van der Waals surface area contributed by atoms with Crippen LogP contribution in [-0.4, -0.2) is 13.1 Å². The van der Waals surface area contributed by atoms with Gasteiger partial charge in [0.15, 0.2) is 0 Å². The zero-order chi connectivity index (χ0) is 8.97. The fourth-order valence-corrected chi connectivity index (χ4v) is 1.31. The van der Waals surface area contributed by atoms with Crippen LogP contribution >= 0.6 is 24.8 Å². The van der Waals surface area contributed by atoms with Crippen molar-refractivity contribution in [2.75, 3.05) is 23.7 Å². The topological polar surface area (TPSA) is 29.3 Å². The van der Waals surface area contributed by atoms with Crippen LogP contribution in [0.5, 0.6) is 0 Å². The van der Waals surface area contributed by atoms with E-state index in [1.54, 1.807) is 0 Å². The van der Waals surface area contributed by atoms with Crippen molar-refractivity contribution in [2.45, 2.75) is 13.8 Å². The molecule has 0 heterocycles. The van der Waals surface area contributed by atoms with Crippen LogP contribution in [0.3, 0.4) is 0 Å². The number of hydrogen-bond donors (Lipinski definition) is 1. The number of nitrogens with two attached hydrogens (primary N) is 1. The Labute approximate surface area is 98.3 Å². The number of nitrogen functional groups attached to an aromatic ring is 1. The normalized spacial score (nSPS) is 8.43. The first-order valence-electron chi connectivity index (χ1n) is 4.38. The van der Waals surface area contributed by atoms with Gasteiger partial charge < -0.3 is 10.6 Å². The van der Waals surface area contributed by atoms with Crippen molar-refractivity contribution in [3.8, 4) is 0 Å². The number of hydrogen-bond acceptors (Lipinski definition) is 2.